The molecule has 4 heteroatoms. The summed E-state index contributed by atoms with van der Waals surface area (Å²) in [6.45, 7) is 0. The van der Waals surface area contributed by atoms with Gasteiger partial charge in [-0.3, -0.25) is 0 Å². The van der Waals surface area contributed by atoms with E-state index in [-0.39, 0.29) is 5.41 Å². The van der Waals surface area contributed by atoms with Crippen molar-refractivity contribution in [3.63, 3.8) is 0 Å². The van der Waals surface area contributed by atoms with Crippen molar-refractivity contribution in [2.45, 2.75) is 24.7 Å². The molecule has 3 N–H and O–H groups in total. The molecule has 1 aromatic rings. The third kappa shape index (κ3) is 1.11. The molecule has 2 saturated carbocycles. The number of rotatable bonds is 2. The molecular formula is C13H12FN3. The zero-order valence-corrected chi connectivity index (χ0v) is 9.26. The van der Waals surface area contributed by atoms with Gasteiger partial charge in [-0.1, -0.05) is 0 Å². The first-order valence-electron chi connectivity index (χ1n) is 5.60. The van der Waals surface area contributed by atoms with Gasteiger partial charge in [-0.2, -0.15) is 5.26 Å². The zero-order chi connectivity index (χ0) is 12.3. The Kier molecular flexibility index (Phi) is 1.73. The third-order valence-electron chi connectivity index (χ3n) is 4.22. The number of hydrogen-bond donors (Lipinski definition) is 2. The summed E-state index contributed by atoms with van der Waals surface area (Å²) in [5.74, 6) is -0.414. The summed E-state index contributed by atoms with van der Waals surface area (Å²) in [5, 5.41) is 16.4. The summed E-state index contributed by atoms with van der Waals surface area (Å²) in [6.07, 6.45) is 3.79. The molecule has 17 heavy (non-hydrogen) atoms. The van der Waals surface area contributed by atoms with Crippen molar-refractivity contribution in [1.29, 1.82) is 10.7 Å². The molecule has 1 spiro atoms. The second-order valence-electron chi connectivity index (χ2n) is 5.08. The van der Waals surface area contributed by atoms with Crippen LogP contribution in [0.5, 0.6) is 0 Å². The van der Waals surface area contributed by atoms with Crippen molar-refractivity contribution in [2.24, 2.45) is 5.41 Å². The molecule has 0 aromatic heterocycles. The Balaban J connectivity index is 2.14. The number of benzene rings is 1. The average molecular weight is 229 g/mol. The van der Waals surface area contributed by atoms with Crippen LogP contribution < -0.4 is 5.73 Å². The van der Waals surface area contributed by atoms with E-state index in [0.29, 0.717) is 16.8 Å². The van der Waals surface area contributed by atoms with E-state index in [0.717, 1.165) is 25.5 Å². The van der Waals surface area contributed by atoms with E-state index in [4.69, 9.17) is 11.1 Å². The molecule has 1 unspecified atom stereocenters. The summed E-state index contributed by atoms with van der Waals surface area (Å²) in [5.41, 5.74) is 6.28. The fourth-order valence-electron chi connectivity index (χ4n) is 2.87. The monoisotopic (exact) mass is 229 g/mol. The number of nitrogens with one attached hydrogen (secondary N) is 1. The number of nitrogen functional groups attached to an aromatic ring is 1. The summed E-state index contributed by atoms with van der Waals surface area (Å²) in [6, 6.07) is 5.06. The summed E-state index contributed by atoms with van der Waals surface area (Å²) in [7, 11) is 0. The molecule has 3 rings (SSSR count). The number of nitrogens with zero attached hydrogens (tertiary/aromatic N) is 1. The van der Waals surface area contributed by atoms with E-state index in [1.54, 1.807) is 0 Å². The van der Waals surface area contributed by atoms with E-state index >= 15 is 0 Å². The zero-order valence-electron chi connectivity index (χ0n) is 9.26. The maximum atomic E-state index is 14.0. The second-order valence-corrected chi connectivity index (χ2v) is 5.08. The highest BCUT2D eigenvalue weighted by molar-refractivity contribution is 5.85. The first-order valence-corrected chi connectivity index (χ1v) is 5.60. The number of nitriles is 1. The van der Waals surface area contributed by atoms with Gasteiger partial charge in [0.25, 0.3) is 0 Å². The molecule has 1 atom stereocenters. The minimum Gasteiger partial charge on any atom is -0.398 e. The van der Waals surface area contributed by atoms with Crippen molar-refractivity contribution in [2.75, 3.05) is 5.73 Å². The SMILES string of the molecule is N#CC1(c2cc(N)c(C=N)cc2F)CC12CC2. The fraction of sp³-hybridized carbons (Fsp3) is 0.385. The lowest BCUT2D eigenvalue weighted by Crippen LogP contribution is -2.12. The lowest BCUT2D eigenvalue weighted by atomic mass is 9.91. The maximum absolute atomic E-state index is 14.0. The standard InChI is InChI=1S/C13H12FN3/c14-10-3-8(5-15)11(17)4-9(10)13(7-16)6-12(13)1-2-12/h3-5,15H,1-2,6,17H2. The van der Waals surface area contributed by atoms with Gasteiger partial charge in [0, 0.05) is 23.0 Å². The Morgan fingerprint density at radius 1 is 1.47 bits per heavy atom. The van der Waals surface area contributed by atoms with Crippen molar-refractivity contribution in [3.8, 4) is 6.07 Å². The topological polar surface area (TPSA) is 73.7 Å². The van der Waals surface area contributed by atoms with Crippen LogP contribution in [0.1, 0.15) is 30.4 Å². The van der Waals surface area contributed by atoms with Gasteiger partial charge >= 0.3 is 0 Å². The van der Waals surface area contributed by atoms with Gasteiger partial charge in [0.05, 0.1) is 11.5 Å². The lowest BCUT2D eigenvalue weighted by Gasteiger charge is -2.12. The van der Waals surface area contributed by atoms with E-state index < -0.39 is 11.2 Å². The highest BCUT2D eigenvalue weighted by Gasteiger charge is 2.76. The molecule has 0 amide bonds. The molecule has 0 bridgehead atoms. The van der Waals surface area contributed by atoms with Crippen molar-refractivity contribution < 1.29 is 4.39 Å². The van der Waals surface area contributed by atoms with E-state index in [1.165, 1.54) is 12.1 Å². The van der Waals surface area contributed by atoms with Gasteiger partial charge in [-0.15, -0.1) is 0 Å². The summed E-state index contributed by atoms with van der Waals surface area (Å²) in [4.78, 5) is 0. The van der Waals surface area contributed by atoms with E-state index in [9.17, 15) is 9.65 Å². The summed E-state index contributed by atoms with van der Waals surface area (Å²) < 4.78 is 14.0. The molecule has 2 aliphatic carbocycles. The first kappa shape index (κ1) is 10.3. The molecule has 2 fully saturated rings. The third-order valence-corrected chi connectivity index (χ3v) is 4.22. The van der Waals surface area contributed by atoms with Crippen LogP contribution >= 0.6 is 0 Å². The predicted octanol–water partition coefficient (Wildman–Crippen LogP) is 2.35. The van der Waals surface area contributed by atoms with Gasteiger partial charge in [0.2, 0.25) is 0 Å². The molecule has 2 aliphatic rings. The summed E-state index contributed by atoms with van der Waals surface area (Å²) >= 11 is 0. The fourth-order valence-corrected chi connectivity index (χ4v) is 2.87. The predicted molar refractivity (Wildman–Crippen MR) is 62.3 cm³/mol. The van der Waals surface area contributed by atoms with Gasteiger partial charge in [-0.25, -0.2) is 4.39 Å². The molecule has 3 nitrogen and oxygen atoms in total. The van der Waals surface area contributed by atoms with Crippen LogP contribution in [0, 0.1) is 28.0 Å². The van der Waals surface area contributed by atoms with Crippen molar-refractivity contribution in [1.82, 2.24) is 0 Å². The minimum absolute atomic E-state index is 0.0290. The Bertz CT molecular complexity index is 569. The largest absolute Gasteiger partial charge is 0.398 e. The molecule has 1 aromatic carbocycles. The average Bonchev–Trinajstić information content (AvgIpc) is 3.22. The Morgan fingerprint density at radius 3 is 2.65 bits per heavy atom. The van der Waals surface area contributed by atoms with Crippen LogP contribution in [0.4, 0.5) is 10.1 Å². The number of hydrogen-bond acceptors (Lipinski definition) is 3. The molecule has 0 radical (unpaired) electrons. The van der Waals surface area contributed by atoms with Gasteiger partial charge in [0.15, 0.2) is 0 Å². The van der Waals surface area contributed by atoms with E-state index in [2.05, 4.69) is 6.07 Å². The molecule has 0 heterocycles. The van der Waals surface area contributed by atoms with Crippen LogP contribution in [0.15, 0.2) is 12.1 Å². The molecule has 0 aliphatic heterocycles. The van der Waals surface area contributed by atoms with Crippen molar-refractivity contribution in [3.05, 3.63) is 29.1 Å². The van der Waals surface area contributed by atoms with Crippen LogP contribution in [0.2, 0.25) is 0 Å². The van der Waals surface area contributed by atoms with Crippen LogP contribution in [0.25, 0.3) is 0 Å². The normalized spacial score (nSPS) is 27.5. The second kappa shape index (κ2) is 2.86. The molecule has 0 saturated heterocycles. The van der Waals surface area contributed by atoms with Crippen LogP contribution in [0.3, 0.4) is 0 Å². The Hall–Kier alpha value is -1.89. The quantitative estimate of drug-likeness (QED) is 0.603. The maximum Gasteiger partial charge on any atom is 0.128 e. The Morgan fingerprint density at radius 2 is 2.18 bits per heavy atom. The Labute approximate surface area is 98.6 Å². The highest BCUT2D eigenvalue weighted by atomic mass is 19.1. The lowest BCUT2D eigenvalue weighted by molar-refractivity contribution is 0.586. The van der Waals surface area contributed by atoms with Crippen LogP contribution in [-0.4, -0.2) is 6.21 Å². The minimum atomic E-state index is -0.661. The number of halogens is 1. The van der Waals surface area contributed by atoms with Gasteiger partial charge < -0.3 is 11.1 Å². The van der Waals surface area contributed by atoms with Gasteiger partial charge in [0.1, 0.15) is 5.82 Å². The van der Waals surface area contributed by atoms with Crippen LogP contribution in [-0.2, 0) is 5.41 Å². The van der Waals surface area contributed by atoms with E-state index in [1.807, 2.05) is 0 Å². The number of anilines is 1. The smallest absolute Gasteiger partial charge is 0.128 e. The van der Waals surface area contributed by atoms with Gasteiger partial charge in [-0.05, 0) is 36.8 Å². The first-order chi connectivity index (χ1) is 8.08. The molecule has 86 valence electrons. The highest BCUT2D eigenvalue weighted by Crippen LogP contribution is 2.78. The number of nitrogens with two attached hydrogens (primary N) is 1. The van der Waals surface area contributed by atoms with Crippen molar-refractivity contribution >= 4 is 11.9 Å². The molecular weight excluding hydrogens is 217 g/mol.